The number of rotatable bonds is 4. The molecule has 3 aromatic rings. The van der Waals surface area contributed by atoms with Crippen LogP contribution in [0.1, 0.15) is 16.1 Å². The van der Waals surface area contributed by atoms with E-state index in [4.69, 9.17) is 21.1 Å². The minimum absolute atomic E-state index is 0.163. The average molecular weight is 454 g/mol. The number of furan rings is 1. The molecule has 3 rings (SSSR count). The molecule has 0 aliphatic heterocycles. The van der Waals surface area contributed by atoms with Gasteiger partial charge in [-0.2, -0.15) is 0 Å². The van der Waals surface area contributed by atoms with Crippen molar-refractivity contribution in [3.63, 3.8) is 0 Å². The third-order valence-electron chi connectivity index (χ3n) is 3.44. The highest BCUT2D eigenvalue weighted by molar-refractivity contribution is 14.1. The van der Waals surface area contributed by atoms with E-state index in [9.17, 15) is 4.79 Å². The Bertz CT molecular complexity index is 891. The summed E-state index contributed by atoms with van der Waals surface area (Å²) in [5, 5.41) is 12.4. The Kier molecular flexibility index (Phi) is 5.23. The van der Waals surface area contributed by atoms with Gasteiger partial charge in [-0.15, -0.1) is 0 Å². The van der Waals surface area contributed by atoms with Gasteiger partial charge in [-0.1, -0.05) is 23.7 Å². The minimum Gasteiger partial charge on any atom is -0.459 e. The maximum atomic E-state index is 12.5. The number of amides is 1. The summed E-state index contributed by atoms with van der Waals surface area (Å²) in [5.41, 5.74) is 1.85. The largest absolute Gasteiger partial charge is 0.459 e. The first-order valence-electron chi connectivity index (χ1n) is 7.14. The zero-order chi connectivity index (χ0) is 17.1. The van der Waals surface area contributed by atoms with Crippen LogP contribution in [0.15, 0.2) is 59.0 Å². The number of hydrogen-bond acceptors (Lipinski definition) is 3. The van der Waals surface area contributed by atoms with Gasteiger partial charge in [-0.05, 0) is 65.1 Å². The third kappa shape index (κ3) is 3.63. The standard InChI is InChI=1S/C18H13ClINO3/c19-14-7-5-11(17-8-6-12(10-22)24-17)9-16(14)21-18(23)13-3-1-2-4-15(13)20/h1-9,22H,10H2,(H,21,23). The molecule has 0 fully saturated rings. The second-order valence-electron chi connectivity index (χ2n) is 5.05. The fourth-order valence-electron chi connectivity index (χ4n) is 2.23. The maximum Gasteiger partial charge on any atom is 0.256 e. The summed E-state index contributed by atoms with van der Waals surface area (Å²) in [7, 11) is 0. The fraction of sp³-hybridized carbons (Fsp3) is 0.0556. The number of aliphatic hydroxyl groups excluding tert-OH is 1. The first-order valence-corrected chi connectivity index (χ1v) is 8.59. The topological polar surface area (TPSA) is 62.5 Å². The number of hydrogen-bond donors (Lipinski definition) is 2. The Balaban J connectivity index is 1.89. The molecule has 0 spiro atoms. The van der Waals surface area contributed by atoms with Crippen molar-refractivity contribution in [1.29, 1.82) is 0 Å². The second-order valence-corrected chi connectivity index (χ2v) is 6.62. The van der Waals surface area contributed by atoms with Crippen LogP contribution in [0.4, 0.5) is 5.69 Å². The highest BCUT2D eigenvalue weighted by atomic mass is 127. The van der Waals surface area contributed by atoms with Crippen molar-refractivity contribution < 1.29 is 14.3 Å². The molecule has 0 aliphatic carbocycles. The van der Waals surface area contributed by atoms with E-state index in [1.165, 1.54) is 0 Å². The van der Waals surface area contributed by atoms with E-state index >= 15 is 0 Å². The van der Waals surface area contributed by atoms with Crippen LogP contribution < -0.4 is 5.32 Å². The SMILES string of the molecule is O=C(Nc1cc(-c2ccc(CO)o2)ccc1Cl)c1ccccc1I. The molecule has 0 atom stereocenters. The van der Waals surface area contributed by atoms with Gasteiger partial charge in [0.1, 0.15) is 18.1 Å². The van der Waals surface area contributed by atoms with Crippen LogP contribution in [-0.4, -0.2) is 11.0 Å². The summed E-state index contributed by atoms with van der Waals surface area (Å²) >= 11 is 8.32. The summed E-state index contributed by atoms with van der Waals surface area (Å²) in [5.74, 6) is 0.847. The Morgan fingerprint density at radius 1 is 1.17 bits per heavy atom. The number of anilines is 1. The van der Waals surface area contributed by atoms with Crippen molar-refractivity contribution in [3.8, 4) is 11.3 Å². The number of aliphatic hydroxyl groups is 1. The molecule has 0 unspecified atom stereocenters. The maximum absolute atomic E-state index is 12.5. The van der Waals surface area contributed by atoms with Gasteiger partial charge in [0.05, 0.1) is 16.3 Å². The predicted octanol–water partition coefficient (Wildman–Crippen LogP) is 4.95. The molecule has 1 aromatic heterocycles. The zero-order valence-corrected chi connectivity index (χ0v) is 15.3. The van der Waals surface area contributed by atoms with Gasteiger partial charge >= 0.3 is 0 Å². The van der Waals surface area contributed by atoms with Crippen LogP contribution in [-0.2, 0) is 6.61 Å². The molecule has 0 aliphatic rings. The van der Waals surface area contributed by atoms with Crippen LogP contribution >= 0.6 is 34.2 Å². The smallest absolute Gasteiger partial charge is 0.256 e. The van der Waals surface area contributed by atoms with E-state index in [1.54, 1.807) is 36.4 Å². The molecule has 0 bridgehead atoms. The summed E-state index contributed by atoms with van der Waals surface area (Å²) in [6.45, 7) is -0.163. The van der Waals surface area contributed by atoms with E-state index in [0.717, 1.165) is 9.13 Å². The highest BCUT2D eigenvalue weighted by Crippen LogP contribution is 2.30. The molecule has 2 N–H and O–H groups in total. The van der Waals surface area contributed by atoms with Crippen LogP contribution in [0.2, 0.25) is 5.02 Å². The van der Waals surface area contributed by atoms with Gasteiger partial charge in [0, 0.05) is 9.13 Å². The monoisotopic (exact) mass is 453 g/mol. The normalized spacial score (nSPS) is 10.6. The van der Waals surface area contributed by atoms with E-state index in [1.807, 2.05) is 18.2 Å². The lowest BCUT2D eigenvalue weighted by Gasteiger charge is -2.10. The fourth-order valence-corrected chi connectivity index (χ4v) is 3.02. The van der Waals surface area contributed by atoms with Crippen molar-refractivity contribution in [3.05, 3.63) is 74.5 Å². The van der Waals surface area contributed by atoms with E-state index < -0.39 is 0 Å². The highest BCUT2D eigenvalue weighted by Gasteiger charge is 2.13. The molecule has 0 radical (unpaired) electrons. The molecule has 6 heteroatoms. The van der Waals surface area contributed by atoms with E-state index in [2.05, 4.69) is 27.9 Å². The molecule has 2 aromatic carbocycles. The van der Waals surface area contributed by atoms with Crippen molar-refractivity contribution >= 4 is 45.8 Å². The van der Waals surface area contributed by atoms with Crippen molar-refractivity contribution in [2.75, 3.05) is 5.32 Å². The molecular formula is C18H13ClINO3. The lowest BCUT2D eigenvalue weighted by molar-refractivity contribution is 0.102. The van der Waals surface area contributed by atoms with Gasteiger partial charge in [-0.3, -0.25) is 4.79 Å². The van der Waals surface area contributed by atoms with Crippen molar-refractivity contribution in [1.82, 2.24) is 0 Å². The lowest BCUT2D eigenvalue weighted by atomic mass is 10.1. The third-order valence-corrected chi connectivity index (χ3v) is 4.71. The van der Waals surface area contributed by atoms with Crippen LogP contribution in [0.5, 0.6) is 0 Å². The van der Waals surface area contributed by atoms with Gasteiger partial charge < -0.3 is 14.8 Å². The number of carbonyl (C=O) groups excluding carboxylic acids is 1. The van der Waals surface area contributed by atoms with Crippen molar-refractivity contribution in [2.24, 2.45) is 0 Å². The molecule has 24 heavy (non-hydrogen) atoms. The average Bonchev–Trinajstić information content (AvgIpc) is 3.06. The molecule has 0 saturated heterocycles. The van der Waals surface area contributed by atoms with Crippen LogP contribution in [0.3, 0.4) is 0 Å². The number of halogens is 2. The summed E-state index contributed by atoms with van der Waals surface area (Å²) in [6, 6.07) is 16.0. The molecular weight excluding hydrogens is 441 g/mol. The Hall–Kier alpha value is -1.83. The summed E-state index contributed by atoms with van der Waals surface area (Å²) < 4.78 is 6.38. The number of benzene rings is 2. The first kappa shape index (κ1) is 17.0. The lowest BCUT2D eigenvalue weighted by Crippen LogP contribution is -2.13. The summed E-state index contributed by atoms with van der Waals surface area (Å²) in [4.78, 5) is 12.5. The quantitative estimate of drug-likeness (QED) is 0.550. The van der Waals surface area contributed by atoms with Crippen LogP contribution in [0, 0.1) is 3.57 Å². The molecule has 122 valence electrons. The first-order chi connectivity index (χ1) is 11.6. The van der Waals surface area contributed by atoms with Gasteiger partial charge in [0.2, 0.25) is 0 Å². The summed E-state index contributed by atoms with van der Waals surface area (Å²) in [6.07, 6.45) is 0. The number of nitrogens with one attached hydrogen (secondary N) is 1. The molecule has 0 saturated carbocycles. The minimum atomic E-state index is -0.227. The van der Waals surface area contributed by atoms with E-state index in [0.29, 0.717) is 27.8 Å². The molecule has 1 amide bonds. The van der Waals surface area contributed by atoms with Gasteiger partial charge in [0.15, 0.2) is 0 Å². The second kappa shape index (κ2) is 7.38. The van der Waals surface area contributed by atoms with E-state index in [-0.39, 0.29) is 12.5 Å². The molecule has 1 heterocycles. The Labute approximate surface area is 157 Å². The van der Waals surface area contributed by atoms with Gasteiger partial charge in [-0.25, -0.2) is 0 Å². The van der Waals surface area contributed by atoms with Crippen molar-refractivity contribution in [2.45, 2.75) is 6.61 Å². The number of carbonyl (C=O) groups is 1. The van der Waals surface area contributed by atoms with Crippen LogP contribution in [0.25, 0.3) is 11.3 Å². The van der Waals surface area contributed by atoms with Gasteiger partial charge in [0.25, 0.3) is 5.91 Å². The Morgan fingerprint density at radius 3 is 2.67 bits per heavy atom. The Morgan fingerprint density at radius 2 is 1.96 bits per heavy atom. The predicted molar refractivity (Wildman–Crippen MR) is 102 cm³/mol. The zero-order valence-electron chi connectivity index (χ0n) is 12.4. The molecule has 4 nitrogen and oxygen atoms in total.